The summed E-state index contributed by atoms with van der Waals surface area (Å²) in [6.07, 6.45) is 1.08. The van der Waals surface area contributed by atoms with Gasteiger partial charge in [0.05, 0.1) is 4.88 Å². The maximum Gasteiger partial charge on any atom is 0.140 e. The van der Waals surface area contributed by atoms with Gasteiger partial charge in [0.1, 0.15) is 5.84 Å². The zero-order valence-electron chi connectivity index (χ0n) is 10.9. The first-order chi connectivity index (χ1) is 9.22. The van der Waals surface area contributed by atoms with E-state index in [9.17, 15) is 0 Å². The van der Waals surface area contributed by atoms with Crippen LogP contribution in [0.2, 0.25) is 0 Å². The van der Waals surface area contributed by atoms with Crippen LogP contribution in [-0.2, 0) is 13.0 Å². The van der Waals surface area contributed by atoms with Crippen LogP contribution < -0.4 is 10.6 Å². The number of amidine groups is 1. The molecule has 4 heteroatoms. The number of hydrogen-bond acceptors (Lipinski definition) is 3. The van der Waals surface area contributed by atoms with Gasteiger partial charge in [-0.1, -0.05) is 12.1 Å². The lowest BCUT2D eigenvalue weighted by Crippen LogP contribution is -2.32. The number of rotatable bonds is 2. The van der Waals surface area contributed by atoms with Crippen molar-refractivity contribution in [2.75, 3.05) is 5.32 Å². The molecule has 0 aliphatic carbocycles. The Bertz CT molecular complexity index is 589. The summed E-state index contributed by atoms with van der Waals surface area (Å²) in [5, 5.41) is 16.7. The topological polar surface area (TPSA) is 47.9 Å². The van der Waals surface area contributed by atoms with Crippen LogP contribution >= 0.6 is 11.3 Å². The lowest BCUT2D eigenvalue weighted by atomic mass is 9.96. The van der Waals surface area contributed by atoms with Crippen molar-refractivity contribution in [3.63, 3.8) is 0 Å². The first kappa shape index (κ1) is 12.4. The zero-order chi connectivity index (χ0) is 13.2. The Hall–Kier alpha value is -1.65. The smallest absolute Gasteiger partial charge is 0.140 e. The Balaban J connectivity index is 1.78. The quantitative estimate of drug-likeness (QED) is 0.580. The van der Waals surface area contributed by atoms with Crippen molar-refractivity contribution in [2.45, 2.75) is 25.9 Å². The lowest BCUT2D eigenvalue weighted by molar-refractivity contribution is 0.514. The van der Waals surface area contributed by atoms with Gasteiger partial charge >= 0.3 is 0 Å². The van der Waals surface area contributed by atoms with Gasteiger partial charge < -0.3 is 10.6 Å². The molecule has 1 unspecified atom stereocenters. The van der Waals surface area contributed by atoms with E-state index in [1.54, 1.807) is 11.3 Å². The summed E-state index contributed by atoms with van der Waals surface area (Å²) in [5.74, 6) is 0.465. The van der Waals surface area contributed by atoms with Gasteiger partial charge in [0, 0.05) is 18.3 Å². The second-order valence-corrected chi connectivity index (χ2v) is 5.89. The molecule has 1 aliphatic rings. The maximum atomic E-state index is 8.04. The van der Waals surface area contributed by atoms with E-state index in [-0.39, 0.29) is 0 Å². The average molecular weight is 271 g/mol. The molecule has 0 spiro atoms. The monoisotopic (exact) mass is 271 g/mol. The summed E-state index contributed by atoms with van der Waals surface area (Å²) in [6.45, 7) is 3.12. The summed E-state index contributed by atoms with van der Waals surface area (Å²) >= 11 is 1.58. The highest BCUT2D eigenvalue weighted by Gasteiger charge is 2.14. The van der Waals surface area contributed by atoms with Gasteiger partial charge in [0.2, 0.25) is 0 Å². The predicted octanol–water partition coefficient (Wildman–Crippen LogP) is 3.22. The average Bonchev–Trinajstić information content (AvgIpc) is 2.93. The van der Waals surface area contributed by atoms with Crippen molar-refractivity contribution in [3.8, 4) is 0 Å². The first-order valence-electron chi connectivity index (χ1n) is 6.47. The van der Waals surface area contributed by atoms with Gasteiger partial charge in [-0.3, -0.25) is 5.41 Å². The van der Waals surface area contributed by atoms with Crippen LogP contribution in [0, 0.1) is 5.41 Å². The van der Waals surface area contributed by atoms with Gasteiger partial charge in [-0.2, -0.15) is 0 Å². The second-order valence-electron chi connectivity index (χ2n) is 4.95. The lowest BCUT2D eigenvalue weighted by Gasteiger charge is -2.23. The molecule has 1 aromatic heterocycles. The van der Waals surface area contributed by atoms with Crippen LogP contribution in [0.4, 0.5) is 5.69 Å². The van der Waals surface area contributed by atoms with E-state index in [1.807, 2.05) is 17.5 Å². The van der Waals surface area contributed by atoms with E-state index in [2.05, 4.69) is 35.8 Å². The molecule has 0 saturated heterocycles. The van der Waals surface area contributed by atoms with Crippen molar-refractivity contribution < 1.29 is 0 Å². The molecule has 0 amide bonds. The van der Waals surface area contributed by atoms with Gasteiger partial charge in [-0.15, -0.1) is 11.3 Å². The standard InChI is InChI=1S/C15H17N3S/c1-10-7-11-4-5-13(8-12(11)9-17-10)18-15(16)14-3-2-6-19-14/h2-6,8,10,17H,7,9H2,1H3,(H2,16,18). The van der Waals surface area contributed by atoms with E-state index < -0.39 is 0 Å². The number of fused-ring (bicyclic) bond motifs is 1. The molecule has 3 rings (SSSR count). The predicted molar refractivity (Wildman–Crippen MR) is 81.2 cm³/mol. The van der Waals surface area contributed by atoms with Gasteiger partial charge in [0.25, 0.3) is 0 Å². The van der Waals surface area contributed by atoms with Crippen molar-refractivity contribution in [2.24, 2.45) is 0 Å². The minimum atomic E-state index is 0.465. The Morgan fingerprint density at radius 1 is 1.37 bits per heavy atom. The SMILES string of the molecule is CC1Cc2ccc(NC(=N)c3cccs3)cc2CN1. The molecule has 3 N–H and O–H groups in total. The maximum absolute atomic E-state index is 8.04. The number of thiophene rings is 1. The molecular weight excluding hydrogens is 254 g/mol. The van der Waals surface area contributed by atoms with E-state index in [1.165, 1.54) is 11.1 Å². The molecule has 98 valence electrons. The third kappa shape index (κ3) is 2.69. The highest BCUT2D eigenvalue weighted by molar-refractivity contribution is 7.12. The van der Waals surface area contributed by atoms with Crippen LogP contribution in [0.3, 0.4) is 0 Å². The second kappa shape index (κ2) is 5.15. The summed E-state index contributed by atoms with van der Waals surface area (Å²) in [7, 11) is 0. The van der Waals surface area contributed by atoms with E-state index in [0.717, 1.165) is 23.5 Å². The molecule has 1 aliphatic heterocycles. The molecule has 2 aromatic rings. The molecule has 3 nitrogen and oxygen atoms in total. The summed E-state index contributed by atoms with van der Waals surface area (Å²) in [4.78, 5) is 0.962. The van der Waals surface area contributed by atoms with Crippen LogP contribution in [0.1, 0.15) is 22.9 Å². The number of anilines is 1. The largest absolute Gasteiger partial charge is 0.340 e. The van der Waals surface area contributed by atoms with Gasteiger partial charge in [0.15, 0.2) is 0 Å². The molecule has 0 saturated carbocycles. The van der Waals surface area contributed by atoms with Crippen molar-refractivity contribution >= 4 is 22.9 Å². The Kier molecular flexibility index (Phi) is 3.36. The fourth-order valence-corrected chi connectivity index (χ4v) is 3.01. The van der Waals surface area contributed by atoms with Crippen LogP contribution in [0.5, 0.6) is 0 Å². The van der Waals surface area contributed by atoms with E-state index in [4.69, 9.17) is 5.41 Å². The highest BCUT2D eigenvalue weighted by Crippen LogP contribution is 2.21. The van der Waals surface area contributed by atoms with Crippen molar-refractivity contribution in [3.05, 3.63) is 51.7 Å². The van der Waals surface area contributed by atoms with Gasteiger partial charge in [-0.25, -0.2) is 0 Å². The Morgan fingerprint density at radius 3 is 3.05 bits per heavy atom. The van der Waals surface area contributed by atoms with Gasteiger partial charge in [-0.05, 0) is 48.1 Å². The number of nitrogens with one attached hydrogen (secondary N) is 3. The molecule has 0 radical (unpaired) electrons. The fraction of sp³-hybridized carbons (Fsp3) is 0.267. The molecule has 0 bridgehead atoms. The van der Waals surface area contributed by atoms with Crippen molar-refractivity contribution in [1.82, 2.24) is 5.32 Å². The molecule has 0 fully saturated rings. The van der Waals surface area contributed by atoms with Crippen LogP contribution in [0.25, 0.3) is 0 Å². The third-order valence-electron chi connectivity index (χ3n) is 3.41. The van der Waals surface area contributed by atoms with Crippen LogP contribution in [-0.4, -0.2) is 11.9 Å². The Morgan fingerprint density at radius 2 is 2.26 bits per heavy atom. The molecule has 1 atom stereocenters. The van der Waals surface area contributed by atoms with Crippen LogP contribution in [0.15, 0.2) is 35.7 Å². The normalized spacial score (nSPS) is 17.8. The molecule has 1 aromatic carbocycles. The van der Waals surface area contributed by atoms with E-state index >= 15 is 0 Å². The minimum Gasteiger partial charge on any atom is -0.340 e. The van der Waals surface area contributed by atoms with E-state index in [0.29, 0.717) is 11.9 Å². The minimum absolute atomic E-state index is 0.465. The first-order valence-corrected chi connectivity index (χ1v) is 7.35. The van der Waals surface area contributed by atoms with Crippen molar-refractivity contribution in [1.29, 1.82) is 5.41 Å². The summed E-state index contributed by atoms with van der Waals surface area (Å²) < 4.78 is 0. The summed E-state index contributed by atoms with van der Waals surface area (Å²) in [6, 6.07) is 10.9. The fourth-order valence-electron chi connectivity index (χ4n) is 2.38. The zero-order valence-corrected chi connectivity index (χ0v) is 11.7. The number of benzene rings is 1. The molecule has 19 heavy (non-hydrogen) atoms. The molecule has 2 heterocycles. The third-order valence-corrected chi connectivity index (χ3v) is 4.30. The highest BCUT2D eigenvalue weighted by atomic mass is 32.1. The number of hydrogen-bond donors (Lipinski definition) is 3. The summed E-state index contributed by atoms with van der Waals surface area (Å²) in [5.41, 5.74) is 3.75. The Labute approximate surface area is 117 Å². The molecular formula is C15H17N3S.